The maximum absolute atomic E-state index is 5.52. The fraction of sp³-hybridized carbons (Fsp3) is 0.310. The van der Waals surface area contributed by atoms with Crippen LogP contribution in [0.15, 0.2) is 66.7 Å². The van der Waals surface area contributed by atoms with E-state index in [-0.39, 0.29) is 24.8 Å². The van der Waals surface area contributed by atoms with E-state index in [1.165, 1.54) is 5.56 Å². The third-order valence-corrected chi connectivity index (χ3v) is 6.84. The van der Waals surface area contributed by atoms with Gasteiger partial charge in [0.25, 0.3) is 0 Å². The zero-order chi connectivity index (χ0) is 24.9. The predicted molar refractivity (Wildman–Crippen MR) is 157 cm³/mol. The SMILES string of the molecule is COc1ccc(CN2CCC(Nc3nnc(-c4ccc(OC)cc4)c4ccc(OC)cc34)CC2)cc1.Cl.Cl. The Bertz CT molecular complexity index is 1310. The number of ether oxygens (including phenoxy) is 3. The first-order valence-electron chi connectivity index (χ1n) is 12.3. The number of hydrogen-bond donors (Lipinski definition) is 1. The average molecular weight is 558 g/mol. The van der Waals surface area contributed by atoms with E-state index in [2.05, 4.69) is 38.6 Å². The van der Waals surface area contributed by atoms with Gasteiger partial charge in [-0.2, -0.15) is 0 Å². The first kappa shape index (κ1) is 29.3. The van der Waals surface area contributed by atoms with Crippen LogP contribution < -0.4 is 19.5 Å². The Morgan fingerprint density at radius 1 is 0.737 bits per heavy atom. The summed E-state index contributed by atoms with van der Waals surface area (Å²) >= 11 is 0. The highest BCUT2D eigenvalue weighted by Gasteiger charge is 2.21. The van der Waals surface area contributed by atoms with E-state index >= 15 is 0 Å². The minimum absolute atomic E-state index is 0. The molecular weight excluding hydrogens is 523 g/mol. The summed E-state index contributed by atoms with van der Waals surface area (Å²) in [6.07, 6.45) is 2.09. The number of anilines is 1. The van der Waals surface area contributed by atoms with Crippen LogP contribution in [0.2, 0.25) is 0 Å². The average Bonchev–Trinajstić information content (AvgIpc) is 2.94. The maximum Gasteiger partial charge on any atom is 0.156 e. The summed E-state index contributed by atoms with van der Waals surface area (Å²) in [5.41, 5.74) is 3.15. The normalized spacial score (nSPS) is 13.8. The Morgan fingerprint density at radius 2 is 1.32 bits per heavy atom. The molecule has 9 heteroatoms. The summed E-state index contributed by atoms with van der Waals surface area (Å²) in [5, 5.41) is 15.0. The zero-order valence-electron chi connectivity index (χ0n) is 21.8. The third kappa shape index (κ3) is 6.59. The highest BCUT2D eigenvalue weighted by atomic mass is 35.5. The van der Waals surface area contributed by atoms with E-state index in [0.717, 1.165) is 77.6 Å². The molecule has 1 N–H and O–H groups in total. The Kier molecular flexibility index (Phi) is 10.4. The fourth-order valence-electron chi connectivity index (χ4n) is 4.75. The van der Waals surface area contributed by atoms with Crippen molar-refractivity contribution in [2.24, 2.45) is 0 Å². The maximum atomic E-state index is 5.52. The van der Waals surface area contributed by atoms with E-state index in [0.29, 0.717) is 6.04 Å². The van der Waals surface area contributed by atoms with Gasteiger partial charge in [0.05, 0.1) is 21.3 Å². The molecule has 0 atom stereocenters. The number of rotatable bonds is 8. The molecule has 0 spiro atoms. The van der Waals surface area contributed by atoms with E-state index in [9.17, 15) is 0 Å². The lowest BCUT2D eigenvalue weighted by molar-refractivity contribution is 0.211. The number of halogens is 2. The number of nitrogens with zero attached hydrogens (tertiary/aromatic N) is 3. The third-order valence-electron chi connectivity index (χ3n) is 6.84. The number of nitrogens with one attached hydrogen (secondary N) is 1. The van der Waals surface area contributed by atoms with Gasteiger partial charge in [0.2, 0.25) is 0 Å². The first-order chi connectivity index (χ1) is 17.7. The number of piperidine rings is 1. The number of hydrogen-bond acceptors (Lipinski definition) is 7. The monoisotopic (exact) mass is 556 g/mol. The van der Waals surface area contributed by atoms with E-state index in [1.807, 2.05) is 48.5 Å². The molecule has 3 aromatic carbocycles. The molecule has 0 amide bonds. The highest BCUT2D eigenvalue weighted by Crippen LogP contribution is 2.34. The second-order valence-electron chi connectivity index (χ2n) is 9.08. The van der Waals surface area contributed by atoms with Gasteiger partial charge in [-0.1, -0.05) is 12.1 Å². The van der Waals surface area contributed by atoms with Gasteiger partial charge in [0, 0.05) is 42.0 Å². The van der Waals surface area contributed by atoms with Gasteiger partial charge in [0.1, 0.15) is 22.9 Å². The van der Waals surface area contributed by atoms with Gasteiger partial charge in [0.15, 0.2) is 5.82 Å². The molecule has 0 aliphatic carbocycles. The number of aromatic nitrogens is 2. The molecule has 1 aliphatic heterocycles. The van der Waals surface area contributed by atoms with Crippen LogP contribution in [0.1, 0.15) is 18.4 Å². The lowest BCUT2D eigenvalue weighted by atomic mass is 10.0. The summed E-state index contributed by atoms with van der Waals surface area (Å²) in [6.45, 7) is 3.01. The van der Waals surface area contributed by atoms with Crippen molar-refractivity contribution in [2.45, 2.75) is 25.4 Å². The molecule has 0 saturated carbocycles. The van der Waals surface area contributed by atoms with E-state index in [4.69, 9.17) is 14.2 Å². The largest absolute Gasteiger partial charge is 0.497 e. The van der Waals surface area contributed by atoms with Gasteiger partial charge in [-0.05, 0) is 73.0 Å². The van der Waals surface area contributed by atoms with E-state index in [1.54, 1.807) is 21.3 Å². The molecule has 5 rings (SSSR count). The molecule has 0 bridgehead atoms. The van der Waals surface area contributed by atoms with Crippen molar-refractivity contribution in [1.29, 1.82) is 0 Å². The molecule has 1 aliphatic rings. The van der Waals surface area contributed by atoms with Gasteiger partial charge in [-0.15, -0.1) is 35.0 Å². The molecule has 4 aromatic rings. The Balaban J connectivity index is 0.00000200. The minimum atomic E-state index is 0. The number of methoxy groups -OCH3 is 3. The first-order valence-corrected chi connectivity index (χ1v) is 12.3. The minimum Gasteiger partial charge on any atom is -0.497 e. The fourth-order valence-corrected chi connectivity index (χ4v) is 4.75. The molecule has 0 unspecified atom stereocenters. The second kappa shape index (κ2) is 13.5. The molecule has 202 valence electrons. The van der Waals surface area contributed by atoms with Crippen LogP contribution in [-0.2, 0) is 6.54 Å². The number of benzene rings is 3. The van der Waals surface area contributed by atoms with Crippen LogP contribution in [0.3, 0.4) is 0 Å². The molecular formula is C29H34Cl2N4O3. The van der Waals surface area contributed by atoms with Gasteiger partial charge in [-0.25, -0.2) is 0 Å². The van der Waals surface area contributed by atoms with Gasteiger partial charge < -0.3 is 19.5 Å². The van der Waals surface area contributed by atoms with Crippen molar-refractivity contribution in [3.63, 3.8) is 0 Å². The molecule has 2 heterocycles. The van der Waals surface area contributed by atoms with Crippen LogP contribution in [0.25, 0.3) is 22.0 Å². The topological polar surface area (TPSA) is 68.7 Å². The molecule has 38 heavy (non-hydrogen) atoms. The summed E-state index contributed by atoms with van der Waals surface area (Å²) in [7, 11) is 5.05. The molecule has 1 saturated heterocycles. The van der Waals surface area contributed by atoms with Crippen LogP contribution in [-0.4, -0.2) is 55.6 Å². The molecule has 1 aromatic heterocycles. The summed E-state index contributed by atoms with van der Waals surface area (Å²) in [4.78, 5) is 2.50. The summed E-state index contributed by atoms with van der Waals surface area (Å²) in [5.74, 6) is 3.31. The van der Waals surface area contributed by atoms with Crippen LogP contribution in [0.4, 0.5) is 5.82 Å². The van der Waals surface area contributed by atoms with Crippen molar-refractivity contribution in [3.05, 3.63) is 72.3 Å². The highest BCUT2D eigenvalue weighted by molar-refractivity contribution is 6.00. The van der Waals surface area contributed by atoms with Crippen molar-refractivity contribution in [1.82, 2.24) is 15.1 Å². The quantitative estimate of drug-likeness (QED) is 0.275. The van der Waals surface area contributed by atoms with Crippen molar-refractivity contribution in [3.8, 4) is 28.5 Å². The van der Waals surface area contributed by atoms with Crippen LogP contribution in [0, 0.1) is 0 Å². The second-order valence-corrected chi connectivity index (χ2v) is 9.08. The Hall–Kier alpha value is -3.26. The lowest BCUT2D eigenvalue weighted by Crippen LogP contribution is -2.38. The van der Waals surface area contributed by atoms with Gasteiger partial charge in [-0.3, -0.25) is 4.90 Å². The van der Waals surface area contributed by atoms with Crippen LogP contribution >= 0.6 is 24.8 Å². The van der Waals surface area contributed by atoms with Gasteiger partial charge >= 0.3 is 0 Å². The molecule has 1 fully saturated rings. The van der Waals surface area contributed by atoms with E-state index < -0.39 is 0 Å². The summed E-state index contributed by atoms with van der Waals surface area (Å²) < 4.78 is 16.1. The molecule has 0 radical (unpaired) electrons. The number of fused-ring (bicyclic) bond motifs is 1. The van der Waals surface area contributed by atoms with Crippen molar-refractivity contribution < 1.29 is 14.2 Å². The Labute approximate surface area is 236 Å². The standard InChI is InChI=1S/C29H32N4O3.2ClH/c1-34-23-8-4-20(5-9-23)19-33-16-14-22(15-17-33)30-29-27-18-25(36-3)12-13-26(27)28(31-32-29)21-6-10-24(35-2)11-7-21;;/h4-13,18,22H,14-17,19H2,1-3H3,(H,30,32);2*1H. The predicted octanol–water partition coefficient (Wildman–Crippen LogP) is 6.24. The van der Waals surface area contributed by atoms with Crippen LogP contribution in [0.5, 0.6) is 17.2 Å². The van der Waals surface area contributed by atoms with Crippen molar-refractivity contribution >= 4 is 41.4 Å². The lowest BCUT2D eigenvalue weighted by Gasteiger charge is -2.32. The number of likely N-dealkylation sites (tertiary alicyclic amines) is 1. The Morgan fingerprint density at radius 3 is 1.92 bits per heavy atom. The zero-order valence-corrected chi connectivity index (χ0v) is 23.5. The summed E-state index contributed by atoms with van der Waals surface area (Å²) in [6, 6.07) is 22.7. The smallest absolute Gasteiger partial charge is 0.156 e. The molecule has 7 nitrogen and oxygen atoms in total. The van der Waals surface area contributed by atoms with Crippen molar-refractivity contribution in [2.75, 3.05) is 39.7 Å².